The van der Waals surface area contributed by atoms with Crippen molar-refractivity contribution in [3.05, 3.63) is 6.92 Å². The fourth-order valence-electron chi connectivity index (χ4n) is 0.544. The minimum absolute atomic E-state index is 0.846. The molecular weight excluding hydrogens is 120 g/mol. The van der Waals surface area contributed by atoms with Gasteiger partial charge in [-0.25, -0.2) is 0 Å². The van der Waals surface area contributed by atoms with Crippen LogP contribution in [0.1, 0.15) is 32.1 Å². The maximum Gasteiger partial charge on any atom is 0.00977 e. The number of terminal acetylenes is 1. The highest BCUT2D eigenvalue weighted by Gasteiger charge is 1.77. The van der Waals surface area contributed by atoms with E-state index < -0.39 is 0 Å². The zero-order valence-corrected chi connectivity index (χ0v) is 6.32. The van der Waals surface area contributed by atoms with Crippen LogP contribution in [-0.4, -0.2) is 0 Å². The second-order valence-electron chi connectivity index (χ2n) is 2.01. The van der Waals surface area contributed by atoms with Crippen molar-refractivity contribution in [2.45, 2.75) is 32.1 Å². The van der Waals surface area contributed by atoms with Gasteiger partial charge in [0, 0.05) is 19.3 Å². The normalized spacial score (nSPS) is 7.60. The Bertz CT molecular complexity index is 149. The van der Waals surface area contributed by atoms with Crippen LogP contribution >= 0.6 is 0 Å². The summed E-state index contributed by atoms with van der Waals surface area (Å²) in [6.45, 7) is 3.68. The molecule has 0 N–H and O–H groups in total. The Kier molecular flexibility index (Phi) is 7.41. The van der Waals surface area contributed by atoms with Crippen LogP contribution in [0.15, 0.2) is 0 Å². The second kappa shape index (κ2) is 8.12. The standard InChI is InChI=1S/C10H13/c1-3-5-7-9-10-8-6-4-2/h1H,2,4-7,9H2. The van der Waals surface area contributed by atoms with Crippen LogP contribution in [0.5, 0.6) is 0 Å². The molecular formula is C10H13. The van der Waals surface area contributed by atoms with Crippen LogP contribution in [0.3, 0.4) is 0 Å². The fraction of sp³-hybridized carbons (Fsp3) is 0.500. The van der Waals surface area contributed by atoms with Gasteiger partial charge in [0.15, 0.2) is 0 Å². The first-order valence-electron chi connectivity index (χ1n) is 3.60. The number of rotatable bonds is 3. The van der Waals surface area contributed by atoms with Crippen LogP contribution in [0.4, 0.5) is 0 Å². The molecule has 0 bridgehead atoms. The van der Waals surface area contributed by atoms with Gasteiger partial charge in [-0.2, -0.15) is 0 Å². The minimum atomic E-state index is 0.846. The van der Waals surface area contributed by atoms with Gasteiger partial charge in [0.2, 0.25) is 0 Å². The Balaban J connectivity index is 3.05. The lowest BCUT2D eigenvalue weighted by Crippen LogP contribution is -1.69. The maximum absolute atomic E-state index is 5.06. The molecule has 0 saturated carbocycles. The predicted molar refractivity (Wildman–Crippen MR) is 45.1 cm³/mol. The molecule has 0 aliphatic rings. The third-order valence-electron chi connectivity index (χ3n) is 1.05. The monoisotopic (exact) mass is 133 g/mol. The molecule has 0 spiro atoms. The van der Waals surface area contributed by atoms with Crippen LogP contribution in [0.2, 0.25) is 0 Å². The molecule has 53 valence electrons. The number of hydrogen-bond acceptors (Lipinski definition) is 0. The second-order valence-corrected chi connectivity index (χ2v) is 2.01. The van der Waals surface area contributed by atoms with Gasteiger partial charge in [-0.1, -0.05) is 6.92 Å². The Morgan fingerprint density at radius 1 is 1.10 bits per heavy atom. The third kappa shape index (κ3) is 7.12. The molecule has 0 rings (SSSR count). The first-order valence-corrected chi connectivity index (χ1v) is 3.60. The van der Waals surface area contributed by atoms with E-state index in [0.29, 0.717) is 0 Å². The molecule has 0 aromatic rings. The SMILES string of the molecule is C#CCCCC#CCC[CH2]. The van der Waals surface area contributed by atoms with Crippen LogP contribution in [0, 0.1) is 31.1 Å². The van der Waals surface area contributed by atoms with Crippen molar-refractivity contribution in [2.75, 3.05) is 0 Å². The van der Waals surface area contributed by atoms with Gasteiger partial charge in [-0.3, -0.25) is 0 Å². The van der Waals surface area contributed by atoms with E-state index in [2.05, 4.69) is 24.7 Å². The molecule has 0 amide bonds. The molecule has 0 aromatic carbocycles. The van der Waals surface area contributed by atoms with Crippen molar-refractivity contribution in [1.82, 2.24) is 0 Å². The lowest BCUT2D eigenvalue weighted by atomic mass is 10.2. The fourth-order valence-corrected chi connectivity index (χ4v) is 0.544. The zero-order valence-electron chi connectivity index (χ0n) is 6.32. The number of hydrogen-bond donors (Lipinski definition) is 0. The van der Waals surface area contributed by atoms with E-state index >= 15 is 0 Å². The molecule has 0 saturated heterocycles. The molecule has 0 heteroatoms. The number of unbranched alkanes of at least 4 members (excludes halogenated alkanes) is 3. The summed E-state index contributed by atoms with van der Waals surface area (Å²) in [6, 6.07) is 0. The van der Waals surface area contributed by atoms with Crippen molar-refractivity contribution in [3.63, 3.8) is 0 Å². The van der Waals surface area contributed by atoms with Gasteiger partial charge in [-0.05, 0) is 12.8 Å². The van der Waals surface area contributed by atoms with Gasteiger partial charge >= 0.3 is 0 Å². The quantitative estimate of drug-likeness (QED) is 0.409. The molecule has 0 aliphatic heterocycles. The van der Waals surface area contributed by atoms with Gasteiger partial charge in [0.25, 0.3) is 0 Å². The summed E-state index contributed by atoms with van der Waals surface area (Å²) in [5.41, 5.74) is 0. The van der Waals surface area contributed by atoms with Crippen molar-refractivity contribution in [1.29, 1.82) is 0 Å². The van der Waals surface area contributed by atoms with Gasteiger partial charge in [-0.15, -0.1) is 24.2 Å². The Morgan fingerprint density at radius 2 is 1.80 bits per heavy atom. The molecule has 0 fully saturated rings. The van der Waals surface area contributed by atoms with E-state index in [-0.39, 0.29) is 0 Å². The lowest BCUT2D eigenvalue weighted by molar-refractivity contribution is 0.902. The van der Waals surface area contributed by atoms with E-state index in [1.165, 1.54) is 0 Å². The van der Waals surface area contributed by atoms with E-state index in [1.54, 1.807) is 0 Å². The Labute approximate surface area is 64.0 Å². The van der Waals surface area contributed by atoms with Crippen LogP contribution < -0.4 is 0 Å². The maximum atomic E-state index is 5.06. The highest BCUT2D eigenvalue weighted by atomic mass is 13.8. The largest absolute Gasteiger partial charge is 0.120 e. The smallest absolute Gasteiger partial charge is 0.00977 e. The molecule has 10 heavy (non-hydrogen) atoms. The van der Waals surface area contributed by atoms with E-state index in [4.69, 9.17) is 6.42 Å². The first-order chi connectivity index (χ1) is 4.91. The minimum Gasteiger partial charge on any atom is -0.120 e. The Morgan fingerprint density at radius 3 is 2.40 bits per heavy atom. The molecule has 0 unspecified atom stereocenters. The van der Waals surface area contributed by atoms with Crippen molar-refractivity contribution >= 4 is 0 Å². The topological polar surface area (TPSA) is 0 Å². The summed E-state index contributed by atoms with van der Waals surface area (Å²) >= 11 is 0. The third-order valence-corrected chi connectivity index (χ3v) is 1.05. The highest BCUT2D eigenvalue weighted by molar-refractivity contribution is 4.99. The van der Waals surface area contributed by atoms with E-state index in [9.17, 15) is 0 Å². The Hall–Kier alpha value is -0.880. The molecule has 0 heterocycles. The summed E-state index contributed by atoms with van der Waals surface area (Å²) in [7, 11) is 0. The van der Waals surface area contributed by atoms with Crippen molar-refractivity contribution in [2.24, 2.45) is 0 Å². The first kappa shape index (κ1) is 9.12. The van der Waals surface area contributed by atoms with Gasteiger partial charge in [0.1, 0.15) is 0 Å². The summed E-state index contributed by atoms with van der Waals surface area (Å²) < 4.78 is 0. The van der Waals surface area contributed by atoms with E-state index in [0.717, 1.165) is 32.1 Å². The molecule has 0 nitrogen and oxygen atoms in total. The molecule has 1 radical (unpaired) electrons. The zero-order chi connectivity index (χ0) is 7.66. The highest BCUT2D eigenvalue weighted by Crippen LogP contribution is 1.91. The van der Waals surface area contributed by atoms with E-state index in [1.807, 2.05) is 0 Å². The lowest BCUT2D eigenvalue weighted by Gasteiger charge is -1.83. The summed E-state index contributed by atoms with van der Waals surface area (Å²) in [5.74, 6) is 8.63. The summed E-state index contributed by atoms with van der Waals surface area (Å²) in [4.78, 5) is 0. The molecule has 0 aliphatic carbocycles. The van der Waals surface area contributed by atoms with Gasteiger partial charge < -0.3 is 0 Å². The summed E-state index contributed by atoms with van der Waals surface area (Å²) in [6.07, 6.45) is 9.69. The summed E-state index contributed by atoms with van der Waals surface area (Å²) in [5, 5.41) is 0. The molecule has 0 atom stereocenters. The predicted octanol–water partition coefficient (Wildman–Crippen LogP) is 2.41. The van der Waals surface area contributed by atoms with Crippen molar-refractivity contribution < 1.29 is 0 Å². The van der Waals surface area contributed by atoms with Gasteiger partial charge in [0.05, 0.1) is 0 Å². The molecule has 0 aromatic heterocycles. The van der Waals surface area contributed by atoms with Crippen LogP contribution in [0.25, 0.3) is 0 Å². The van der Waals surface area contributed by atoms with Crippen LogP contribution in [-0.2, 0) is 0 Å². The van der Waals surface area contributed by atoms with Crippen molar-refractivity contribution in [3.8, 4) is 24.2 Å². The average molecular weight is 133 g/mol. The average Bonchev–Trinajstić information content (AvgIpc) is 1.97.